The first-order chi connectivity index (χ1) is 13.8. The van der Waals surface area contributed by atoms with Crippen molar-refractivity contribution in [2.24, 2.45) is 0 Å². The standard InChI is InChI=1S/C22H23N3O2S/c26-22(24-12-6-1-7-13-24)19-14-25(17-9-3-4-10-18(17)27-19)15-21-23-16-8-2-5-11-20(16)28-21/h2-5,8-11,19H,1,6-7,12-15H2. The number of para-hydroxylation sites is 3. The molecule has 0 bridgehead atoms. The lowest BCUT2D eigenvalue weighted by Gasteiger charge is -2.38. The van der Waals surface area contributed by atoms with Crippen molar-refractivity contribution in [1.29, 1.82) is 0 Å². The Bertz CT molecular complexity index is 963. The molecule has 1 saturated heterocycles. The Balaban J connectivity index is 1.41. The summed E-state index contributed by atoms with van der Waals surface area (Å²) in [6.45, 7) is 2.93. The molecule has 5 rings (SSSR count). The van der Waals surface area contributed by atoms with E-state index in [1.807, 2.05) is 41.3 Å². The van der Waals surface area contributed by atoms with Crippen LogP contribution in [0.5, 0.6) is 5.75 Å². The second kappa shape index (κ2) is 7.43. The SMILES string of the molecule is O=C(C1CN(Cc2nc3ccccc3s2)c2ccccc2O1)N1CCCCC1. The fourth-order valence-corrected chi connectivity index (χ4v) is 5.04. The van der Waals surface area contributed by atoms with Crippen molar-refractivity contribution in [2.75, 3.05) is 24.5 Å². The fraction of sp³-hybridized carbons (Fsp3) is 0.364. The number of carbonyl (C=O) groups is 1. The van der Waals surface area contributed by atoms with Crippen LogP contribution in [0.2, 0.25) is 0 Å². The van der Waals surface area contributed by atoms with Gasteiger partial charge in [-0.2, -0.15) is 0 Å². The zero-order valence-electron chi connectivity index (χ0n) is 15.7. The van der Waals surface area contributed by atoms with Crippen LogP contribution in [0.3, 0.4) is 0 Å². The Kier molecular flexibility index (Phi) is 4.64. The number of fused-ring (bicyclic) bond motifs is 2. The van der Waals surface area contributed by atoms with E-state index in [-0.39, 0.29) is 5.91 Å². The number of piperidine rings is 1. The van der Waals surface area contributed by atoms with E-state index in [9.17, 15) is 4.79 Å². The van der Waals surface area contributed by atoms with Gasteiger partial charge >= 0.3 is 0 Å². The number of benzene rings is 2. The third-order valence-electron chi connectivity index (χ3n) is 5.47. The van der Waals surface area contributed by atoms with E-state index >= 15 is 0 Å². The fourth-order valence-electron chi connectivity index (χ4n) is 4.05. The Morgan fingerprint density at radius 3 is 2.71 bits per heavy atom. The van der Waals surface area contributed by atoms with Gasteiger partial charge in [-0.3, -0.25) is 4.79 Å². The van der Waals surface area contributed by atoms with Gasteiger partial charge in [0.1, 0.15) is 10.8 Å². The topological polar surface area (TPSA) is 45.7 Å². The van der Waals surface area contributed by atoms with E-state index in [1.165, 1.54) is 11.1 Å². The number of nitrogens with zero attached hydrogens (tertiary/aromatic N) is 3. The molecule has 1 atom stereocenters. The summed E-state index contributed by atoms with van der Waals surface area (Å²) in [6.07, 6.45) is 2.93. The Morgan fingerprint density at radius 2 is 1.86 bits per heavy atom. The van der Waals surface area contributed by atoms with Crippen LogP contribution >= 0.6 is 11.3 Å². The monoisotopic (exact) mass is 393 g/mol. The molecule has 0 N–H and O–H groups in total. The number of amides is 1. The normalized spacial score (nSPS) is 19.4. The largest absolute Gasteiger partial charge is 0.477 e. The summed E-state index contributed by atoms with van der Waals surface area (Å²) < 4.78 is 7.32. The Labute approximate surface area is 168 Å². The van der Waals surface area contributed by atoms with Crippen LogP contribution in [0.1, 0.15) is 24.3 Å². The summed E-state index contributed by atoms with van der Waals surface area (Å²) in [5, 5.41) is 1.06. The van der Waals surface area contributed by atoms with Crippen LogP contribution in [0.4, 0.5) is 5.69 Å². The molecule has 1 amide bonds. The number of thiazole rings is 1. The summed E-state index contributed by atoms with van der Waals surface area (Å²) in [7, 11) is 0. The summed E-state index contributed by atoms with van der Waals surface area (Å²) >= 11 is 1.71. The predicted octanol–water partition coefficient (Wildman–Crippen LogP) is 4.08. The number of hydrogen-bond acceptors (Lipinski definition) is 5. The molecule has 5 nitrogen and oxygen atoms in total. The predicted molar refractivity (Wildman–Crippen MR) is 112 cm³/mol. The van der Waals surface area contributed by atoms with Gasteiger partial charge in [-0.1, -0.05) is 24.3 Å². The number of ether oxygens (including phenoxy) is 1. The van der Waals surface area contributed by atoms with E-state index in [4.69, 9.17) is 9.72 Å². The van der Waals surface area contributed by atoms with E-state index in [1.54, 1.807) is 11.3 Å². The molecule has 0 spiro atoms. The molecule has 3 aromatic rings. The molecular formula is C22H23N3O2S. The van der Waals surface area contributed by atoms with Crippen molar-refractivity contribution in [2.45, 2.75) is 31.9 Å². The zero-order valence-corrected chi connectivity index (χ0v) is 16.5. The first-order valence-electron chi connectivity index (χ1n) is 9.92. The molecule has 1 aromatic heterocycles. The van der Waals surface area contributed by atoms with Gasteiger partial charge in [-0.15, -0.1) is 11.3 Å². The van der Waals surface area contributed by atoms with E-state index in [2.05, 4.69) is 17.0 Å². The van der Waals surface area contributed by atoms with Crippen LogP contribution in [0, 0.1) is 0 Å². The third kappa shape index (κ3) is 3.33. The van der Waals surface area contributed by atoms with Crippen molar-refractivity contribution in [3.63, 3.8) is 0 Å². The molecular weight excluding hydrogens is 370 g/mol. The van der Waals surface area contributed by atoms with Gasteiger partial charge in [-0.05, 0) is 43.5 Å². The molecule has 2 aromatic carbocycles. The first kappa shape index (κ1) is 17.5. The van der Waals surface area contributed by atoms with Crippen molar-refractivity contribution in [1.82, 2.24) is 9.88 Å². The van der Waals surface area contributed by atoms with Gasteiger partial charge in [0, 0.05) is 13.1 Å². The van der Waals surface area contributed by atoms with Gasteiger partial charge < -0.3 is 14.5 Å². The highest BCUT2D eigenvalue weighted by atomic mass is 32.1. The van der Waals surface area contributed by atoms with Crippen molar-refractivity contribution in [3.8, 4) is 5.75 Å². The molecule has 6 heteroatoms. The Hall–Kier alpha value is -2.60. The van der Waals surface area contributed by atoms with Gasteiger partial charge in [-0.25, -0.2) is 4.98 Å². The third-order valence-corrected chi connectivity index (χ3v) is 6.49. The maximum absolute atomic E-state index is 13.1. The van der Waals surface area contributed by atoms with Crippen LogP contribution in [-0.2, 0) is 11.3 Å². The molecule has 28 heavy (non-hydrogen) atoms. The van der Waals surface area contributed by atoms with Crippen molar-refractivity contribution >= 4 is 33.1 Å². The highest BCUT2D eigenvalue weighted by Crippen LogP contribution is 2.35. The summed E-state index contributed by atoms with van der Waals surface area (Å²) in [5.74, 6) is 0.897. The average molecular weight is 394 g/mol. The minimum Gasteiger partial charge on any atom is -0.477 e. The highest BCUT2D eigenvalue weighted by molar-refractivity contribution is 7.18. The molecule has 2 aliphatic heterocycles. The maximum Gasteiger partial charge on any atom is 0.265 e. The summed E-state index contributed by atoms with van der Waals surface area (Å²) in [5.41, 5.74) is 2.06. The quantitative estimate of drug-likeness (QED) is 0.673. The molecule has 0 aliphatic carbocycles. The van der Waals surface area contributed by atoms with Gasteiger partial charge in [0.15, 0.2) is 6.10 Å². The molecule has 2 aliphatic rings. The number of hydrogen-bond donors (Lipinski definition) is 0. The molecule has 1 fully saturated rings. The van der Waals surface area contributed by atoms with Crippen LogP contribution in [0.15, 0.2) is 48.5 Å². The molecule has 0 radical (unpaired) electrons. The second-order valence-electron chi connectivity index (χ2n) is 7.42. The number of rotatable bonds is 3. The minimum atomic E-state index is -0.456. The lowest BCUT2D eigenvalue weighted by Crippen LogP contribution is -2.51. The van der Waals surface area contributed by atoms with E-state index in [0.29, 0.717) is 13.1 Å². The van der Waals surface area contributed by atoms with E-state index in [0.717, 1.165) is 47.9 Å². The molecule has 144 valence electrons. The summed E-state index contributed by atoms with van der Waals surface area (Å²) in [6, 6.07) is 16.2. The highest BCUT2D eigenvalue weighted by Gasteiger charge is 2.34. The van der Waals surface area contributed by atoms with Gasteiger partial charge in [0.05, 0.1) is 29.0 Å². The molecule has 1 unspecified atom stereocenters. The lowest BCUT2D eigenvalue weighted by atomic mass is 10.1. The van der Waals surface area contributed by atoms with Crippen molar-refractivity contribution in [3.05, 3.63) is 53.5 Å². The smallest absolute Gasteiger partial charge is 0.265 e. The number of carbonyl (C=O) groups excluding carboxylic acids is 1. The zero-order chi connectivity index (χ0) is 18.9. The van der Waals surface area contributed by atoms with Crippen molar-refractivity contribution < 1.29 is 9.53 Å². The number of anilines is 1. The first-order valence-corrected chi connectivity index (χ1v) is 10.7. The van der Waals surface area contributed by atoms with Gasteiger partial charge in [0.2, 0.25) is 0 Å². The maximum atomic E-state index is 13.1. The van der Waals surface area contributed by atoms with Crippen LogP contribution in [-0.4, -0.2) is 41.5 Å². The molecule has 0 saturated carbocycles. The molecule has 3 heterocycles. The van der Waals surface area contributed by atoms with Crippen LogP contribution < -0.4 is 9.64 Å². The van der Waals surface area contributed by atoms with Crippen LogP contribution in [0.25, 0.3) is 10.2 Å². The van der Waals surface area contributed by atoms with Gasteiger partial charge in [0.25, 0.3) is 5.91 Å². The summed E-state index contributed by atoms with van der Waals surface area (Å²) in [4.78, 5) is 22.1. The number of aromatic nitrogens is 1. The lowest BCUT2D eigenvalue weighted by molar-refractivity contribution is -0.139. The Morgan fingerprint density at radius 1 is 1.07 bits per heavy atom. The average Bonchev–Trinajstić information content (AvgIpc) is 3.16. The minimum absolute atomic E-state index is 0.114. The number of likely N-dealkylation sites (tertiary alicyclic amines) is 1. The second-order valence-corrected chi connectivity index (χ2v) is 8.53. The van der Waals surface area contributed by atoms with E-state index < -0.39 is 6.10 Å².